The number of phenols is 1. The van der Waals surface area contributed by atoms with E-state index in [0.717, 1.165) is 39.0 Å². The number of phenolic OH excluding ortho intramolecular Hbond substituents is 1. The quantitative estimate of drug-likeness (QED) is 0.389. The van der Waals surface area contributed by atoms with Gasteiger partial charge in [-0.25, -0.2) is 13.8 Å². The second-order valence-electron chi connectivity index (χ2n) is 8.56. The number of aromatic hydroxyl groups is 1. The number of alkyl halides is 1. The second kappa shape index (κ2) is 7.70. The summed E-state index contributed by atoms with van der Waals surface area (Å²) in [5.41, 5.74) is 5.53. The van der Waals surface area contributed by atoms with Crippen molar-refractivity contribution >= 4 is 10.9 Å². The van der Waals surface area contributed by atoms with E-state index in [1.54, 1.807) is 4.90 Å². The molecule has 166 valence electrons. The van der Waals surface area contributed by atoms with E-state index in [1.807, 2.05) is 39.0 Å². The van der Waals surface area contributed by atoms with Gasteiger partial charge in [0.25, 0.3) is 0 Å². The van der Waals surface area contributed by atoms with Crippen LogP contribution in [-0.2, 0) is 19.4 Å². The number of imidazole rings is 1. The Hall–Kier alpha value is -3.26. The lowest BCUT2D eigenvalue weighted by atomic mass is 9.96. The molecule has 0 saturated heterocycles. The van der Waals surface area contributed by atoms with Gasteiger partial charge >= 0.3 is 0 Å². The minimum absolute atomic E-state index is 0.104. The number of nitrogens with one attached hydrogen (secondary N) is 2. The summed E-state index contributed by atoms with van der Waals surface area (Å²) in [6.45, 7) is 6.42. The molecule has 1 atom stereocenters. The van der Waals surface area contributed by atoms with Crippen LogP contribution >= 0.6 is 0 Å². The number of benzene rings is 2. The van der Waals surface area contributed by atoms with Crippen LogP contribution in [0.2, 0.25) is 0 Å². The summed E-state index contributed by atoms with van der Waals surface area (Å²) in [6.07, 6.45) is -0.130. The Kier molecular flexibility index (Phi) is 4.97. The Morgan fingerprint density at radius 3 is 2.81 bits per heavy atom. The van der Waals surface area contributed by atoms with Crippen molar-refractivity contribution in [2.24, 2.45) is 0 Å². The average Bonchev–Trinajstić information content (AvgIpc) is 3.37. The third kappa shape index (κ3) is 3.35. The van der Waals surface area contributed by atoms with Crippen LogP contribution in [0.15, 0.2) is 30.3 Å². The molecule has 0 amide bonds. The van der Waals surface area contributed by atoms with Crippen LogP contribution in [0.25, 0.3) is 33.5 Å². The van der Waals surface area contributed by atoms with E-state index < -0.39 is 12.1 Å². The number of aryl methyl sites for hydroxylation is 1. The molecule has 0 aliphatic carbocycles. The molecule has 0 fully saturated rings. The molecule has 8 heteroatoms. The van der Waals surface area contributed by atoms with E-state index in [-0.39, 0.29) is 18.2 Å². The SMILES string of the molecule is CCc1cc(O)c(F)cc1-c1ccc2c(-c3nc4c([nH]3)CN(C(C)C)[C@H](F)C4)n[nH]c2c1. The van der Waals surface area contributed by atoms with E-state index in [2.05, 4.69) is 20.2 Å². The van der Waals surface area contributed by atoms with Gasteiger partial charge in [0, 0.05) is 24.4 Å². The van der Waals surface area contributed by atoms with Gasteiger partial charge in [-0.1, -0.05) is 13.0 Å². The number of aromatic amines is 2. The molecule has 1 aliphatic rings. The first-order valence-corrected chi connectivity index (χ1v) is 10.8. The van der Waals surface area contributed by atoms with Crippen LogP contribution < -0.4 is 0 Å². The maximum absolute atomic E-state index is 14.5. The van der Waals surface area contributed by atoms with Crippen LogP contribution in [-0.4, -0.2) is 42.5 Å². The van der Waals surface area contributed by atoms with E-state index in [4.69, 9.17) is 0 Å². The molecule has 3 heterocycles. The van der Waals surface area contributed by atoms with Crippen molar-refractivity contribution in [3.8, 4) is 28.4 Å². The molecule has 32 heavy (non-hydrogen) atoms. The van der Waals surface area contributed by atoms with E-state index in [0.29, 0.717) is 24.5 Å². The lowest BCUT2D eigenvalue weighted by molar-refractivity contribution is 0.0344. The maximum Gasteiger partial charge on any atom is 0.165 e. The van der Waals surface area contributed by atoms with Crippen LogP contribution in [0, 0.1) is 5.82 Å². The Morgan fingerprint density at radius 2 is 2.06 bits per heavy atom. The monoisotopic (exact) mass is 437 g/mol. The number of hydrogen-bond donors (Lipinski definition) is 3. The fraction of sp³-hybridized carbons (Fsp3) is 0.333. The number of halogens is 2. The van der Waals surface area contributed by atoms with Gasteiger partial charge in [0.05, 0.1) is 16.9 Å². The molecule has 0 radical (unpaired) electrons. The smallest absolute Gasteiger partial charge is 0.165 e. The zero-order chi connectivity index (χ0) is 22.6. The van der Waals surface area contributed by atoms with Crippen LogP contribution in [0.4, 0.5) is 8.78 Å². The molecular formula is C24H25F2N5O. The molecule has 1 aliphatic heterocycles. The molecule has 0 bridgehead atoms. The van der Waals surface area contributed by atoms with Gasteiger partial charge in [0.15, 0.2) is 23.7 Å². The number of nitrogens with zero attached hydrogens (tertiary/aromatic N) is 3. The first kappa shape index (κ1) is 20.6. The normalized spacial score (nSPS) is 16.8. The minimum Gasteiger partial charge on any atom is -0.505 e. The van der Waals surface area contributed by atoms with E-state index in [1.165, 1.54) is 12.1 Å². The summed E-state index contributed by atoms with van der Waals surface area (Å²) in [5, 5.41) is 18.1. The van der Waals surface area contributed by atoms with Crippen molar-refractivity contribution in [1.82, 2.24) is 25.1 Å². The third-order valence-electron chi connectivity index (χ3n) is 6.24. The van der Waals surface area contributed by atoms with Gasteiger partial charge < -0.3 is 10.1 Å². The lowest BCUT2D eigenvalue weighted by Gasteiger charge is -2.32. The van der Waals surface area contributed by atoms with E-state index >= 15 is 0 Å². The minimum atomic E-state index is -1.05. The highest BCUT2D eigenvalue weighted by atomic mass is 19.1. The third-order valence-corrected chi connectivity index (χ3v) is 6.24. The molecule has 0 spiro atoms. The molecule has 0 unspecified atom stereocenters. The van der Waals surface area contributed by atoms with Gasteiger partial charge in [-0.3, -0.25) is 10.00 Å². The molecule has 2 aromatic heterocycles. The fourth-order valence-electron chi connectivity index (χ4n) is 4.46. The number of H-pyrrole nitrogens is 2. The highest BCUT2D eigenvalue weighted by molar-refractivity contribution is 5.94. The lowest BCUT2D eigenvalue weighted by Crippen LogP contribution is -2.41. The Bertz CT molecular complexity index is 1310. The van der Waals surface area contributed by atoms with Gasteiger partial charge in [0.1, 0.15) is 5.69 Å². The summed E-state index contributed by atoms with van der Waals surface area (Å²) in [6, 6.07) is 8.69. The van der Waals surface area contributed by atoms with Crippen molar-refractivity contribution in [3.63, 3.8) is 0 Å². The summed E-state index contributed by atoms with van der Waals surface area (Å²) in [4.78, 5) is 9.77. The fourth-order valence-corrected chi connectivity index (χ4v) is 4.46. The average molecular weight is 437 g/mol. The zero-order valence-corrected chi connectivity index (χ0v) is 18.2. The molecule has 2 aromatic carbocycles. The molecule has 3 N–H and O–H groups in total. The standard InChI is InChI=1S/C24H25F2N5O/c1-4-13-8-21(32)17(25)9-16(13)14-5-6-15-18(7-14)29-30-23(15)24-27-19-10-22(26)31(12(2)3)11-20(19)28-24/h5-9,12,22,32H,4,10-11H2,1-3H3,(H,27,28)(H,29,30)/t22-/m0/s1. The van der Waals surface area contributed by atoms with Crippen LogP contribution in [0.1, 0.15) is 37.7 Å². The molecule has 6 nitrogen and oxygen atoms in total. The summed E-state index contributed by atoms with van der Waals surface area (Å²) >= 11 is 0. The van der Waals surface area contributed by atoms with Crippen molar-refractivity contribution in [2.45, 2.75) is 52.5 Å². The van der Waals surface area contributed by atoms with Crippen molar-refractivity contribution < 1.29 is 13.9 Å². The Labute approximate surface area is 184 Å². The molecular weight excluding hydrogens is 412 g/mol. The maximum atomic E-state index is 14.5. The Balaban J connectivity index is 1.53. The van der Waals surface area contributed by atoms with Gasteiger partial charge in [-0.05, 0) is 61.2 Å². The second-order valence-corrected chi connectivity index (χ2v) is 8.56. The van der Waals surface area contributed by atoms with Crippen LogP contribution in [0.3, 0.4) is 0 Å². The molecule has 0 saturated carbocycles. The van der Waals surface area contributed by atoms with Crippen molar-refractivity contribution in [3.05, 3.63) is 53.1 Å². The Morgan fingerprint density at radius 1 is 1.25 bits per heavy atom. The highest BCUT2D eigenvalue weighted by Crippen LogP contribution is 2.34. The van der Waals surface area contributed by atoms with Gasteiger partial charge in [0.2, 0.25) is 0 Å². The van der Waals surface area contributed by atoms with Crippen molar-refractivity contribution in [2.75, 3.05) is 0 Å². The first-order chi connectivity index (χ1) is 15.4. The highest BCUT2D eigenvalue weighted by Gasteiger charge is 2.31. The predicted octanol–water partition coefficient (Wildman–Crippen LogP) is 5.09. The number of aromatic nitrogens is 4. The number of rotatable bonds is 4. The predicted molar refractivity (Wildman–Crippen MR) is 119 cm³/mol. The van der Waals surface area contributed by atoms with E-state index in [9.17, 15) is 13.9 Å². The molecule has 4 aromatic rings. The summed E-state index contributed by atoms with van der Waals surface area (Å²) in [7, 11) is 0. The topological polar surface area (TPSA) is 80.8 Å². The van der Waals surface area contributed by atoms with Crippen LogP contribution in [0.5, 0.6) is 5.75 Å². The summed E-state index contributed by atoms with van der Waals surface area (Å²) < 4.78 is 28.5. The van der Waals surface area contributed by atoms with Gasteiger partial charge in [-0.2, -0.15) is 5.10 Å². The molecule has 5 rings (SSSR count). The summed E-state index contributed by atoms with van der Waals surface area (Å²) in [5.74, 6) is -0.383. The zero-order valence-electron chi connectivity index (χ0n) is 18.2. The largest absolute Gasteiger partial charge is 0.505 e. The number of hydrogen-bond acceptors (Lipinski definition) is 4. The van der Waals surface area contributed by atoms with Gasteiger partial charge in [-0.15, -0.1) is 0 Å². The van der Waals surface area contributed by atoms with Crippen molar-refractivity contribution in [1.29, 1.82) is 0 Å². The number of fused-ring (bicyclic) bond motifs is 2. The first-order valence-electron chi connectivity index (χ1n) is 10.8.